The second kappa shape index (κ2) is 10.9. The fourth-order valence-electron chi connectivity index (χ4n) is 3.97. The van der Waals surface area contributed by atoms with E-state index in [-0.39, 0.29) is 23.6 Å². The SMILES string of the molecule is N=C(NC(=O)C(F)(F)F)c1ccc(C(=O)/N=C/C2COCCN2C(=O)C2CCc3ccccc3O2)cc1. The number of benzene rings is 2. The first-order valence-electron chi connectivity index (χ1n) is 11.4. The van der Waals surface area contributed by atoms with E-state index in [2.05, 4.69) is 4.99 Å². The third-order valence-electron chi connectivity index (χ3n) is 5.92. The molecule has 2 unspecified atom stereocenters. The number of amidine groups is 1. The topological polar surface area (TPSA) is 121 Å². The Morgan fingerprint density at radius 1 is 1.08 bits per heavy atom. The molecule has 2 aromatic carbocycles. The van der Waals surface area contributed by atoms with Crippen molar-refractivity contribution in [1.29, 1.82) is 5.41 Å². The van der Waals surface area contributed by atoms with Gasteiger partial charge in [-0.15, -0.1) is 0 Å². The molecule has 2 aliphatic rings. The zero-order valence-corrected chi connectivity index (χ0v) is 19.5. The van der Waals surface area contributed by atoms with Crippen molar-refractivity contribution in [2.24, 2.45) is 4.99 Å². The normalized spacial score (nSPS) is 19.6. The summed E-state index contributed by atoms with van der Waals surface area (Å²) in [5.41, 5.74) is 1.13. The first-order valence-corrected chi connectivity index (χ1v) is 11.4. The van der Waals surface area contributed by atoms with Crippen LogP contribution in [0.1, 0.15) is 27.9 Å². The summed E-state index contributed by atoms with van der Waals surface area (Å²) in [6.45, 7) is 0.804. The number of rotatable bonds is 4. The van der Waals surface area contributed by atoms with Gasteiger partial charge in [0, 0.05) is 23.9 Å². The second-order valence-electron chi connectivity index (χ2n) is 8.41. The molecule has 2 atom stereocenters. The minimum Gasteiger partial charge on any atom is -0.480 e. The van der Waals surface area contributed by atoms with Gasteiger partial charge in [0.2, 0.25) is 0 Å². The van der Waals surface area contributed by atoms with Crippen molar-refractivity contribution in [3.05, 3.63) is 65.2 Å². The Bertz CT molecular complexity index is 1230. The van der Waals surface area contributed by atoms with E-state index >= 15 is 0 Å². The number of para-hydroxylation sites is 1. The Hall–Kier alpha value is -4.06. The van der Waals surface area contributed by atoms with Crippen LogP contribution in [0.25, 0.3) is 0 Å². The molecule has 9 nitrogen and oxygen atoms in total. The van der Waals surface area contributed by atoms with Gasteiger partial charge in [-0.25, -0.2) is 4.99 Å². The van der Waals surface area contributed by atoms with Gasteiger partial charge in [0.05, 0.1) is 19.3 Å². The van der Waals surface area contributed by atoms with Crippen molar-refractivity contribution in [1.82, 2.24) is 10.2 Å². The van der Waals surface area contributed by atoms with E-state index in [9.17, 15) is 27.6 Å². The summed E-state index contributed by atoms with van der Waals surface area (Å²) in [5.74, 6) is -3.22. The van der Waals surface area contributed by atoms with E-state index in [1.54, 1.807) is 4.90 Å². The van der Waals surface area contributed by atoms with E-state index in [1.165, 1.54) is 35.8 Å². The van der Waals surface area contributed by atoms with E-state index in [0.717, 1.165) is 5.56 Å². The molecule has 194 valence electrons. The highest BCUT2D eigenvalue weighted by Crippen LogP contribution is 2.28. The zero-order valence-electron chi connectivity index (χ0n) is 19.5. The molecule has 2 N–H and O–H groups in total. The van der Waals surface area contributed by atoms with Crippen molar-refractivity contribution in [3.63, 3.8) is 0 Å². The lowest BCUT2D eigenvalue weighted by atomic mass is 10.0. The lowest BCUT2D eigenvalue weighted by Crippen LogP contribution is -2.54. The minimum atomic E-state index is -5.12. The Morgan fingerprint density at radius 2 is 1.78 bits per heavy atom. The van der Waals surface area contributed by atoms with Crippen LogP contribution in [0.2, 0.25) is 0 Å². The summed E-state index contributed by atoms with van der Waals surface area (Å²) >= 11 is 0. The number of ether oxygens (including phenoxy) is 2. The maximum absolute atomic E-state index is 13.2. The number of fused-ring (bicyclic) bond motifs is 1. The summed E-state index contributed by atoms with van der Waals surface area (Å²) in [5, 5.41) is 9.06. The molecule has 3 amide bonds. The number of alkyl halides is 3. The van der Waals surface area contributed by atoms with Gasteiger partial charge in [0.25, 0.3) is 11.8 Å². The highest BCUT2D eigenvalue weighted by molar-refractivity contribution is 6.08. The maximum Gasteiger partial charge on any atom is 0.471 e. The number of nitrogens with zero attached hydrogens (tertiary/aromatic N) is 2. The van der Waals surface area contributed by atoms with Gasteiger partial charge in [-0.3, -0.25) is 19.8 Å². The average Bonchev–Trinajstić information content (AvgIpc) is 2.90. The molecule has 2 heterocycles. The Kier molecular flexibility index (Phi) is 7.67. The number of nitrogens with one attached hydrogen (secondary N) is 2. The summed E-state index contributed by atoms with van der Waals surface area (Å²) < 4.78 is 48.5. The zero-order chi connectivity index (χ0) is 26.6. The summed E-state index contributed by atoms with van der Waals surface area (Å²) in [6.07, 6.45) is -3.21. The number of morpholine rings is 1. The second-order valence-corrected chi connectivity index (χ2v) is 8.41. The molecule has 37 heavy (non-hydrogen) atoms. The molecular weight excluding hydrogens is 493 g/mol. The van der Waals surface area contributed by atoms with Gasteiger partial charge in [-0.1, -0.05) is 30.3 Å². The van der Waals surface area contributed by atoms with Crippen LogP contribution in [0.4, 0.5) is 13.2 Å². The monoisotopic (exact) mass is 516 g/mol. The number of hydrogen-bond acceptors (Lipinski definition) is 6. The van der Waals surface area contributed by atoms with E-state index < -0.39 is 36.0 Å². The number of carbonyl (C=O) groups excluding carboxylic acids is 3. The van der Waals surface area contributed by atoms with Crippen LogP contribution in [-0.4, -0.2) is 72.8 Å². The van der Waals surface area contributed by atoms with Crippen LogP contribution < -0.4 is 10.1 Å². The summed E-state index contributed by atoms with van der Waals surface area (Å²) in [4.78, 5) is 42.3. The quantitative estimate of drug-likeness (QED) is 0.478. The smallest absolute Gasteiger partial charge is 0.471 e. The molecular formula is C25H23F3N4O5. The maximum atomic E-state index is 13.2. The van der Waals surface area contributed by atoms with Crippen molar-refractivity contribution >= 4 is 29.8 Å². The lowest BCUT2D eigenvalue weighted by molar-refractivity contribution is -0.171. The molecule has 2 aliphatic heterocycles. The molecule has 0 aromatic heterocycles. The van der Waals surface area contributed by atoms with Crippen molar-refractivity contribution in [2.45, 2.75) is 31.2 Å². The molecule has 0 bridgehead atoms. The molecule has 0 aliphatic carbocycles. The number of halogens is 3. The highest BCUT2D eigenvalue weighted by atomic mass is 19.4. The number of aryl methyl sites for hydroxylation is 1. The molecule has 12 heteroatoms. The predicted octanol–water partition coefficient (Wildman–Crippen LogP) is 2.52. The first-order chi connectivity index (χ1) is 17.6. The van der Waals surface area contributed by atoms with Crippen molar-refractivity contribution < 1.29 is 37.0 Å². The van der Waals surface area contributed by atoms with Crippen LogP contribution in [-0.2, 0) is 20.7 Å². The van der Waals surface area contributed by atoms with Crippen molar-refractivity contribution in [3.8, 4) is 5.75 Å². The lowest BCUT2D eigenvalue weighted by Gasteiger charge is -2.36. The third kappa shape index (κ3) is 6.20. The number of aliphatic imine (C=N–C) groups is 1. The van der Waals surface area contributed by atoms with Gasteiger partial charge in [0.15, 0.2) is 6.10 Å². The average molecular weight is 516 g/mol. The predicted molar refractivity (Wildman–Crippen MR) is 126 cm³/mol. The van der Waals surface area contributed by atoms with E-state index in [0.29, 0.717) is 31.7 Å². The molecule has 1 fully saturated rings. The number of amides is 3. The van der Waals surface area contributed by atoms with Crippen LogP contribution in [0.15, 0.2) is 53.5 Å². The van der Waals surface area contributed by atoms with Crippen LogP contribution in [0.3, 0.4) is 0 Å². The number of carbonyl (C=O) groups is 3. The summed E-state index contributed by atoms with van der Waals surface area (Å²) in [6, 6.07) is 11.9. The van der Waals surface area contributed by atoms with Gasteiger partial charge in [-0.05, 0) is 36.6 Å². The first kappa shape index (κ1) is 26.0. The third-order valence-corrected chi connectivity index (χ3v) is 5.92. The molecule has 0 radical (unpaired) electrons. The van der Waals surface area contributed by atoms with Gasteiger partial charge >= 0.3 is 12.1 Å². The Balaban J connectivity index is 1.39. The Labute approximate surface area is 209 Å². The molecule has 0 saturated carbocycles. The van der Waals surface area contributed by atoms with Crippen molar-refractivity contribution in [2.75, 3.05) is 19.8 Å². The van der Waals surface area contributed by atoms with Crippen LogP contribution in [0, 0.1) is 5.41 Å². The molecule has 0 spiro atoms. The fraction of sp³-hybridized carbons (Fsp3) is 0.320. The van der Waals surface area contributed by atoms with E-state index in [1.807, 2.05) is 24.3 Å². The van der Waals surface area contributed by atoms with Gasteiger partial charge in [-0.2, -0.15) is 13.2 Å². The Morgan fingerprint density at radius 3 is 2.51 bits per heavy atom. The number of hydrogen-bond donors (Lipinski definition) is 2. The van der Waals surface area contributed by atoms with Crippen LogP contribution >= 0.6 is 0 Å². The van der Waals surface area contributed by atoms with E-state index in [4.69, 9.17) is 14.9 Å². The fourth-order valence-corrected chi connectivity index (χ4v) is 3.97. The molecule has 1 saturated heterocycles. The highest BCUT2D eigenvalue weighted by Gasteiger charge is 2.39. The van der Waals surface area contributed by atoms with Gasteiger partial charge in [0.1, 0.15) is 11.6 Å². The minimum absolute atomic E-state index is 0.0235. The molecule has 4 rings (SSSR count). The standard InChI is InChI=1S/C25H23F3N4O5/c26-25(27,28)24(35)31-21(29)16-5-7-17(8-6-16)22(33)30-13-18-14-36-12-11-32(18)23(34)20-10-9-15-3-1-2-4-19(15)37-20/h1-8,13,18,20H,9-12,14H2,(H2,29,31,35)/b30-13+. The largest absolute Gasteiger partial charge is 0.480 e. The van der Waals surface area contributed by atoms with Gasteiger partial charge < -0.3 is 19.7 Å². The molecule has 2 aromatic rings. The van der Waals surface area contributed by atoms with Crippen LogP contribution in [0.5, 0.6) is 5.75 Å². The summed E-state index contributed by atoms with van der Waals surface area (Å²) in [7, 11) is 0.